The van der Waals surface area contributed by atoms with Crippen LogP contribution in [0.3, 0.4) is 0 Å². The molecule has 0 saturated carbocycles. The molecule has 1 amide bonds. The fourth-order valence-corrected chi connectivity index (χ4v) is 3.02. The number of halogens is 2. The van der Waals surface area contributed by atoms with Gasteiger partial charge in [0.05, 0.1) is 11.2 Å². The number of rotatable bonds is 4. The van der Waals surface area contributed by atoms with Crippen LogP contribution in [-0.2, 0) is 4.79 Å². The first-order valence-corrected chi connectivity index (χ1v) is 9.12. The van der Waals surface area contributed by atoms with Gasteiger partial charge in [-0.3, -0.25) is 4.79 Å². The molecule has 1 unspecified atom stereocenters. The Bertz CT molecular complexity index is 1050. The number of nitrogens with zero attached hydrogens (tertiary/aromatic N) is 1. The molecule has 0 saturated heterocycles. The number of hydrogen-bond donors (Lipinski definition) is 1. The second-order valence-electron chi connectivity index (χ2n) is 5.92. The largest absolute Gasteiger partial charge is 0.485 e. The molecule has 2 heterocycles. The van der Waals surface area contributed by atoms with E-state index in [0.717, 1.165) is 0 Å². The minimum absolute atomic E-state index is 0.108. The predicted molar refractivity (Wildman–Crippen MR) is 106 cm³/mol. The average Bonchev–Trinajstić information content (AvgIpc) is 3.18. The van der Waals surface area contributed by atoms with Crippen molar-refractivity contribution in [3.8, 4) is 22.8 Å². The van der Waals surface area contributed by atoms with E-state index in [9.17, 15) is 4.79 Å². The van der Waals surface area contributed by atoms with Crippen LogP contribution in [0, 0.1) is 0 Å². The van der Waals surface area contributed by atoms with Crippen molar-refractivity contribution >= 4 is 35.3 Å². The summed E-state index contributed by atoms with van der Waals surface area (Å²) in [5.41, 5.74) is 3.09. The minimum Gasteiger partial charge on any atom is -0.485 e. The van der Waals surface area contributed by atoms with E-state index in [0.29, 0.717) is 38.6 Å². The molecular formula is C20H14Cl2N2O4. The number of fused-ring (bicyclic) bond motifs is 1. The van der Waals surface area contributed by atoms with Crippen molar-refractivity contribution in [1.29, 1.82) is 0 Å². The Morgan fingerprint density at radius 1 is 1.11 bits per heavy atom. The Hall–Kier alpha value is -2.96. The molecule has 0 radical (unpaired) electrons. The highest BCUT2D eigenvalue weighted by Gasteiger charge is 2.27. The summed E-state index contributed by atoms with van der Waals surface area (Å²) in [6, 6.07) is 15.7. The summed E-state index contributed by atoms with van der Waals surface area (Å²) in [6.07, 6.45) is 0.599. The molecule has 0 fully saturated rings. The lowest BCUT2D eigenvalue weighted by atomic mass is 10.2. The van der Waals surface area contributed by atoms with Crippen LogP contribution in [0.2, 0.25) is 10.0 Å². The van der Waals surface area contributed by atoms with Gasteiger partial charge in [0, 0.05) is 10.6 Å². The lowest BCUT2D eigenvalue weighted by molar-refractivity contribution is -0.130. The summed E-state index contributed by atoms with van der Waals surface area (Å²) < 4.78 is 16.8. The lowest BCUT2D eigenvalue weighted by Crippen LogP contribution is -2.42. The molecule has 0 bridgehead atoms. The average molecular weight is 417 g/mol. The van der Waals surface area contributed by atoms with Gasteiger partial charge in [-0.1, -0.05) is 35.3 Å². The first-order valence-electron chi connectivity index (χ1n) is 8.37. The molecule has 142 valence electrons. The number of hydrazone groups is 1. The molecule has 8 heteroatoms. The Kier molecular flexibility index (Phi) is 5.23. The topological polar surface area (TPSA) is 73.1 Å². The van der Waals surface area contributed by atoms with Gasteiger partial charge in [-0.25, -0.2) is 5.43 Å². The SMILES string of the molecule is O=C(NN=Cc1ccc(-c2cc(Cl)ccc2Cl)o1)C1COc2ccccc2O1. The number of benzene rings is 2. The third kappa shape index (κ3) is 3.98. The van der Waals surface area contributed by atoms with Crippen LogP contribution in [-0.4, -0.2) is 24.8 Å². The number of ether oxygens (including phenoxy) is 2. The Labute approximate surface area is 170 Å². The zero-order valence-corrected chi connectivity index (χ0v) is 15.9. The van der Waals surface area contributed by atoms with E-state index < -0.39 is 12.0 Å². The third-order valence-electron chi connectivity index (χ3n) is 3.99. The van der Waals surface area contributed by atoms with Crippen LogP contribution in [0.5, 0.6) is 11.5 Å². The van der Waals surface area contributed by atoms with E-state index in [2.05, 4.69) is 10.5 Å². The smallest absolute Gasteiger partial charge is 0.284 e. The number of hydrogen-bond acceptors (Lipinski definition) is 5. The second-order valence-corrected chi connectivity index (χ2v) is 6.77. The normalized spacial score (nSPS) is 15.6. The van der Waals surface area contributed by atoms with Gasteiger partial charge in [0.25, 0.3) is 5.91 Å². The molecule has 0 aliphatic carbocycles. The minimum atomic E-state index is -0.788. The summed E-state index contributed by atoms with van der Waals surface area (Å²) in [5, 5.41) is 4.98. The van der Waals surface area contributed by atoms with Crippen LogP contribution >= 0.6 is 23.2 Å². The highest BCUT2D eigenvalue weighted by atomic mass is 35.5. The van der Waals surface area contributed by atoms with E-state index in [-0.39, 0.29) is 6.61 Å². The van der Waals surface area contributed by atoms with Crippen LogP contribution in [0.4, 0.5) is 0 Å². The van der Waals surface area contributed by atoms with Gasteiger partial charge in [0.1, 0.15) is 18.1 Å². The van der Waals surface area contributed by atoms with Gasteiger partial charge in [-0.05, 0) is 42.5 Å². The molecule has 28 heavy (non-hydrogen) atoms. The Morgan fingerprint density at radius 3 is 2.79 bits per heavy atom. The summed E-state index contributed by atoms with van der Waals surface area (Å²) in [7, 11) is 0. The van der Waals surface area contributed by atoms with Gasteiger partial charge >= 0.3 is 0 Å². The van der Waals surface area contributed by atoms with Gasteiger partial charge in [0.2, 0.25) is 6.10 Å². The first-order chi connectivity index (χ1) is 13.6. The maximum Gasteiger partial charge on any atom is 0.284 e. The second kappa shape index (κ2) is 7.96. The number of nitrogens with one attached hydrogen (secondary N) is 1. The fraction of sp³-hybridized carbons (Fsp3) is 0.100. The molecule has 1 aliphatic heterocycles. The third-order valence-corrected chi connectivity index (χ3v) is 4.55. The highest BCUT2D eigenvalue weighted by molar-refractivity contribution is 6.35. The fourth-order valence-electron chi connectivity index (χ4n) is 2.63. The standard InChI is InChI=1S/C20H14Cl2N2O4/c21-12-5-7-15(22)14(9-12)16-8-6-13(27-16)10-23-24-20(25)19-11-26-17-3-1-2-4-18(17)28-19/h1-10,19H,11H2,(H,24,25). The monoisotopic (exact) mass is 416 g/mol. The molecule has 6 nitrogen and oxygen atoms in total. The van der Waals surface area contributed by atoms with Crippen LogP contribution < -0.4 is 14.9 Å². The maximum atomic E-state index is 12.2. The first kappa shape index (κ1) is 18.4. The summed E-state index contributed by atoms with van der Waals surface area (Å²) in [4.78, 5) is 12.2. The van der Waals surface area contributed by atoms with E-state index in [1.807, 2.05) is 6.07 Å². The van der Waals surface area contributed by atoms with Crippen molar-refractivity contribution in [3.05, 3.63) is 70.4 Å². The Balaban J connectivity index is 1.39. The van der Waals surface area contributed by atoms with Crippen molar-refractivity contribution in [2.45, 2.75) is 6.10 Å². The molecule has 1 N–H and O–H groups in total. The molecule has 1 atom stereocenters. The number of amides is 1. The molecule has 1 aromatic heterocycles. The van der Waals surface area contributed by atoms with Crippen molar-refractivity contribution in [3.63, 3.8) is 0 Å². The predicted octanol–water partition coefficient (Wildman–Crippen LogP) is 4.54. The van der Waals surface area contributed by atoms with Gasteiger partial charge in [0.15, 0.2) is 11.5 Å². The van der Waals surface area contributed by atoms with Crippen molar-refractivity contribution in [1.82, 2.24) is 5.43 Å². The summed E-state index contributed by atoms with van der Waals surface area (Å²) in [6.45, 7) is 0.108. The number of para-hydroxylation sites is 2. The van der Waals surface area contributed by atoms with Gasteiger partial charge in [-0.2, -0.15) is 5.10 Å². The van der Waals surface area contributed by atoms with E-state index >= 15 is 0 Å². The van der Waals surface area contributed by atoms with Gasteiger partial charge in [-0.15, -0.1) is 0 Å². The lowest BCUT2D eigenvalue weighted by Gasteiger charge is -2.24. The van der Waals surface area contributed by atoms with Crippen molar-refractivity contribution < 1.29 is 18.7 Å². The molecular weight excluding hydrogens is 403 g/mol. The van der Waals surface area contributed by atoms with E-state index in [1.54, 1.807) is 48.5 Å². The van der Waals surface area contributed by atoms with Crippen LogP contribution in [0.25, 0.3) is 11.3 Å². The molecule has 1 aliphatic rings. The van der Waals surface area contributed by atoms with Crippen LogP contribution in [0.15, 0.2) is 64.1 Å². The molecule has 2 aromatic carbocycles. The number of carbonyl (C=O) groups excluding carboxylic acids is 1. The molecule has 4 rings (SSSR count). The quantitative estimate of drug-likeness (QED) is 0.500. The number of carbonyl (C=O) groups is 1. The Morgan fingerprint density at radius 2 is 1.93 bits per heavy atom. The summed E-state index contributed by atoms with van der Waals surface area (Å²) >= 11 is 12.2. The molecule has 3 aromatic rings. The number of furan rings is 1. The maximum absolute atomic E-state index is 12.2. The van der Waals surface area contributed by atoms with Gasteiger partial charge < -0.3 is 13.9 Å². The summed E-state index contributed by atoms with van der Waals surface area (Å²) in [5.74, 6) is 1.69. The zero-order chi connectivity index (χ0) is 19.5. The molecule has 0 spiro atoms. The van der Waals surface area contributed by atoms with E-state index in [1.165, 1.54) is 6.21 Å². The van der Waals surface area contributed by atoms with Crippen molar-refractivity contribution in [2.24, 2.45) is 5.10 Å². The van der Waals surface area contributed by atoms with Crippen LogP contribution in [0.1, 0.15) is 5.76 Å². The highest BCUT2D eigenvalue weighted by Crippen LogP contribution is 2.32. The van der Waals surface area contributed by atoms with Crippen molar-refractivity contribution in [2.75, 3.05) is 6.61 Å². The zero-order valence-electron chi connectivity index (χ0n) is 14.4. The van der Waals surface area contributed by atoms with E-state index in [4.69, 9.17) is 37.1 Å².